The molecule has 0 aromatic heterocycles. The molecule has 0 saturated heterocycles. The summed E-state index contributed by atoms with van der Waals surface area (Å²) < 4.78 is 27.0. The molecule has 13 nitrogen and oxygen atoms in total. The molecule has 2 rings (SSSR count). The Labute approximate surface area is 284 Å². The Morgan fingerprint density at radius 1 is 0.673 bits per heavy atom. The molecule has 0 fully saturated rings. The lowest BCUT2D eigenvalue weighted by atomic mass is 9.78. The molecule has 264 valence electrons. The molecular formula is C36H42O13. The largest absolute Gasteiger partial charge is 0.493 e. The van der Waals surface area contributed by atoms with Crippen molar-refractivity contribution in [2.45, 2.75) is 57.5 Å². The van der Waals surface area contributed by atoms with Crippen LogP contribution >= 0.6 is 0 Å². The van der Waals surface area contributed by atoms with Gasteiger partial charge in [0.2, 0.25) is 0 Å². The number of carboxylic acids is 2. The smallest absolute Gasteiger partial charge is 0.330 e. The number of aliphatic carboxylic acids is 2. The Bertz CT molecular complexity index is 1350. The highest BCUT2D eigenvalue weighted by Crippen LogP contribution is 2.33. The Kier molecular flexibility index (Phi) is 16.2. The maximum Gasteiger partial charge on any atom is 0.330 e. The molecule has 0 bridgehead atoms. The standard InChI is InChI=1S/C36H42O13/c1-5-33(42)47-21-24(19-27(37)11-16-31(38)39)20-45-28-12-7-25(8-13-28)36(3,4)26-9-14-29(15-10-26)46-22-30(23-48-34(43)6-2)49-35(44)18-17-32(40)41/h5-10,12-15,24,30H,1-2,11,16-23H2,3-4H3,(H,38,39)(H,40,41). The number of ether oxygens (including phenoxy) is 5. The molecular weight excluding hydrogens is 640 g/mol. The van der Waals surface area contributed by atoms with Crippen LogP contribution in [0.4, 0.5) is 0 Å². The van der Waals surface area contributed by atoms with Gasteiger partial charge in [0.1, 0.15) is 30.5 Å². The van der Waals surface area contributed by atoms with Crippen molar-refractivity contribution in [3.8, 4) is 11.5 Å². The third-order valence-corrected chi connectivity index (χ3v) is 7.25. The van der Waals surface area contributed by atoms with Crippen molar-refractivity contribution in [1.29, 1.82) is 0 Å². The lowest BCUT2D eigenvalue weighted by Crippen LogP contribution is -2.31. The van der Waals surface area contributed by atoms with E-state index >= 15 is 0 Å². The van der Waals surface area contributed by atoms with Crippen molar-refractivity contribution >= 4 is 35.6 Å². The van der Waals surface area contributed by atoms with Crippen molar-refractivity contribution in [3.05, 3.63) is 85.0 Å². The zero-order chi connectivity index (χ0) is 36.4. The quantitative estimate of drug-likeness (QED) is 0.0951. The number of benzene rings is 2. The van der Waals surface area contributed by atoms with Gasteiger partial charge in [-0.05, 0) is 35.4 Å². The zero-order valence-electron chi connectivity index (χ0n) is 27.6. The number of carboxylic acid groups (broad SMARTS) is 2. The minimum absolute atomic E-state index is 0.0100. The fourth-order valence-corrected chi connectivity index (χ4v) is 4.40. The lowest BCUT2D eigenvalue weighted by molar-refractivity contribution is -0.159. The molecule has 13 heteroatoms. The Morgan fingerprint density at radius 2 is 1.14 bits per heavy atom. The summed E-state index contributed by atoms with van der Waals surface area (Å²) >= 11 is 0. The van der Waals surface area contributed by atoms with Crippen LogP contribution in [0.5, 0.6) is 11.5 Å². The van der Waals surface area contributed by atoms with Crippen LogP contribution in [-0.4, -0.2) is 78.4 Å². The average molecular weight is 683 g/mol. The van der Waals surface area contributed by atoms with Gasteiger partial charge in [0.25, 0.3) is 0 Å². The van der Waals surface area contributed by atoms with E-state index in [4.69, 9.17) is 33.9 Å². The minimum Gasteiger partial charge on any atom is -0.493 e. The topological polar surface area (TPSA) is 189 Å². The Hall–Kier alpha value is -5.46. The normalized spacial score (nSPS) is 12.0. The Balaban J connectivity index is 2.03. The summed E-state index contributed by atoms with van der Waals surface area (Å²) in [6, 6.07) is 14.6. The predicted molar refractivity (Wildman–Crippen MR) is 175 cm³/mol. The van der Waals surface area contributed by atoms with Crippen molar-refractivity contribution in [3.63, 3.8) is 0 Å². The molecule has 0 spiro atoms. The van der Waals surface area contributed by atoms with Crippen molar-refractivity contribution in [2.24, 2.45) is 5.92 Å². The second-order valence-corrected chi connectivity index (χ2v) is 11.5. The first-order valence-corrected chi connectivity index (χ1v) is 15.4. The molecule has 49 heavy (non-hydrogen) atoms. The van der Waals surface area contributed by atoms with E-state index in [9.17, 15) is 28.8 Å². The zero-order valence-corrected chi connectivity index (χ0v) is 27.6. The number of esters is 3. The van der Waals surface area contributed by atoms with Crippen LogP contribution in [0, 0.1) is 5.92 Å². The SMILES string of the molecule is C=CC(=O)OCC(COc1ccc(C(C)(C)c2ccc(OCC(COC(=O)C=C)OC(=O)CCC(=O)O)cc2)cc1)CC(=O)CCC(=O)O. The highest BCUT2D eigenvalue weighted by molar-refractivity contribution is 5.83. The van der Waals surface area contributed by atoms with Crippen LogP contribution < -0.4 is 9.47 Å². The first-order chi connectivity index (χ1) is 23.2. The maximum atomic E-state index is 12.3. The molecule has 0 saturated carbocycles. The summed E-state index contributed by atoms with van der Waals surface area (Å²) in [7, 11) is 0. The van der Waals surface area contributed by atoms with E-state index in [1.807, 2.05) is 38.1 Å². The molecule has 2 unspecified atom stereocenters. The molecule has 2 N–H and O–H groups in total. The van der Waals surface area contributed by atoms with Gasteiger partial charge in [-0.1, -0.05) is 51.3 Å². The van der Waals surface area contributed by atoms with E-state index in [2.05, 4.69) is 13.2 Å². The van der Waals surface area contributed by atoms with Crippen molar-refractivity contribution < 1.29 is 62.7 Å². The van der Waals surface area contributed by atoms with Gasteiger partial charge < -0.3 is 33.9 Å². The van der Waals surface area contributed by atoms with E-state index in [1.54, 1.807) is 24.3 Å². The third-order valence-electron chi connectivity index (χ3n) is 7.25. The number of rotatable bonds is 23. The number of ketones is 1. The number of Topliss-reactive ketones (excluding diaryl/α,β-unsaturated/α-hetero) is 1. The van der Waals surface area contributed by atoms with E-state index in [1.165, 1.54) is 0 Å². The summed E-state index contributed by atoms with van der Waals surface area (Å²) in [5.74, 6) is -4.11. The summed E-state index contributed by atoms with van der Waals surface area (Å²) in [4.78, 5) is 68.9. The van der Waals surface area contributed by atoms with Crippen molar-refractivity contribution in [1.82, 2.24) is 0 Å². The predicted octanol–water partition coefficient (Wildman–Crippen LogP) is 4.45. The summed E-state index contributed by atoms with van der Waals surface area (Å²) in [5.41, 5.74) is 1.47. The summed E-state index contributed by atoms with van der Waals surface area (Å²) in [5, 5.41) is 17.6. The highest BCUT2D eigenvalue weighted by atomic mass is 16.6. The fraction of sp³-hybridized carbons (Fsp3) is 0.389. The first kappa shape index (κ1) is 39.7. The monoisotopic (exact) mass is 682 g/mol. The van der Waals surface area contributed by atoms with Gasteiger partial charge in [-0.3, -0.25) is 19.2 Å². The van der Waals surface area contributed by atoms with Crippen LogP contribution in [0.15, 0.2) is 73.8 Å². The third kappa shape index (κ3) is 14.9. The molecule has 2 aromatic carbocycles. The molecule has 0 heterocycles. The molecule has 0 aliphatic heterocycles. The molecule has 0 aliphatic carbocycles. The number of hydrogen-bond acceptors (Lipinski definition) is 11. The number of carbonyl (C=O) groups excluding carboxylic acids is 4. The van der Waals surface area contributed by atoms with Gasteiger partial charge in [-0.2, -0.15) is 0 Å². The second kappa shape index (κ2) is 20.0. The van der Waals surface area contributed by atoms with E-state index in [0.29, 0.717) is 11.5 Å². The number of carbonyl (C=O) groups is 6. The van der Waals surface area contributed by atoms with Gasteiger partial charge in [0.15, 0.2) is 6.10 Å². The molecule has 0 radical (unpaired) electrons. The molecule has 2 atom stereocenters. The van der Waals surface area contributed by atoms with Gasteiger partial charge in [-0.25, -0.2) is 9.59 Å². The second-order valence-electron chi connectivity index (χ2n) is 11.5. The van der Waals surface area contributed by atoms with Crippen LogP contribution in [0.1, 0.15) is 57.1 Å². The Morgan fingerprint density at radius 3 is 1.63 bits per heavy atom. The van der Waals surface area contributed by atoms with Crippen LogP contribution in [0.2, 0.25) is 0 Å². The van der Waals surface area contributed by atoms with Gasteiger partial charge in [0.05, 0.1) is 32.5 Å². The van der Waals surface area contributed by atoms with Crippen LogP contribution in [0.25, 0.3) is 0 Å². The average Bonchev–Trinajstić information content (AvgIpc) is 3.08. The maximum absolute atomic E-state index is 12.3. The van der Waals surface area contributed by atoms with Crippen LogP contribution in [-0.2, 0) is 48.4 Å². The molecule has 0 amide bonds. The van der Waals surface area contributed by atoms with Crippen molar-refractivity contribution in [2.75, 3.05) is 26.4 Å². The summed E-state index contributed by atoms with van der Waals surface area (Å²) in [6.07, 6.45) is -0.161. The van der Waals surface area contributed by atoms with E-state index < -0.39 is 53.7 Å². The van der Waals surface area contributed by atoms with Gasteiger partial charge in [-0.15, -0.1) is 0 Å². The van der Waals surface area contributed by atoms with E-state index in [0.717, 1.165) is 23.3 Å². The van der Waals surface area contributed by atoms with Gasteiger partial charge in [0, 0.05) is 36.3 Å². The molecule has 0 aliphatic rings. The van der Waals surface area contributed by atoms with Gasteiger partial charge >= 0.3 is 29.8 Å². The highest BCUT2D eigenvalue weighted by Gasteiger charge is 2.24. The molecule has 2 aromatic rings. The lowest BCUT2D eigenvalue weighted by Gasteiger charge is -2.27. The first-order valence-electron chi connectivity index (χ1n) is 15.4. The minimum atomic E-state index is -1.15. The van der Waals surface area contributed by atoms with Crippen LogP contribution in [0.3, 0.4) is 0 Å². The fourth-order valence-electron chi connectivity index (χ4n) is 4.40. The summed E-state index contributed by atoms with van der Waals surface area (Å²) in [6.45, 7) is 10.3. The van der Waals surface area contributed by atoms with E-state index in [-0.39, 0.29) is 57.9 Å². The number of hydrogen-bond donors (Lipinski definition) is 2.